The monoisotopic (exact) mass is 234 g/mol. The average Bonchev–Trinajstić information content (AvgIpc) is 2.76. The molecule has 0 spiro atoms. The Morgan fingerprint density at radius 2 is 1.94 bits per heavy atom. The fraction of sp³-hybridized carbons (Fsp3) is 0.500. The predicted molar refractivity (Wildman–Crippen MR) is 64.5 cm³/mol. The molecule has 3 rings (SSSR count). The van der Waals surface area contributed by atoms with Gasteiger partial charge >= 0.3 is 0 Å². The van der Waals surface area contributed by atoms with Crippen LogP contribution in [-0.2, 0) is 11.2 Å². The standard InChI is InChI=1S/C14H15ClO/c15-12-7-2-1-4-9(12)8-13(16)14-10-5-3-6-11(10)14/h1-2,4,7,10-11,14H,3,5-6,8H2. The molecule has 0 radical (unpaired) electrons. The van der Waals surface area contributed by atoms with Crippen molar-refractivity contribution in [2.75, 3.05) is 0 Å². The summed E-state index contributed by atoms with van der Waals surface area (Å²) in [6, 6.07) is 7.67. The highest BCUT2D eigenvalue weighted by Gasteiger charge is 2.55. The number of benzene rings is 1. The fourth-order valence-electron chi connectivity index (χ4n) is 3.25. The highest BCUT2D eigenvalue weighted by atomic mass is 35.5. The average molecular weight is 235 g/mol. The molecular weight excluding hydrogens is 220 g/mol. The summed E-state index contributed by atoms with van der Waals surface area (Å²) >= 11 is 6.06. The number of hydrogen-bond donors (Lipinski definition) is 0. The number of carbonyl (C=O) groups is 1. The zero-order valence-electron chi connectivity index (χ0n) is 9.16. The van der Waals surface area contributed by atoms with Gasteiger partial charge in [-0.3, -0.25) is 4.79 Å². The molecule has 2 unspecified atom stereocenters. The van der Waals surface area contributed by atoms with Crippen LogP contribution < -0.4 is 0 Å². The Morgan fingerprint density at radius 1 is 1.25 bits per heavy atom. The SMILES string of the molecule is O=C(Cc1ccccc1Cl)C1C2CCCC21. The number of fused-ring (bicyclic) bond motifs is 1. The van der Waals surface area contributed by atoms with Gasteiger partial charge in [0.1, 0.15) is 5.78 Å². The molecule has 2 aliphatic carbocycles. The smallest absolute Gasteiger partial charge is 0.140 e. The molecule has 1 aromatic rings. The van der Waals surface area contributed by atoms with Crippen molar-refractivity contribution in [3.05, 3.63) is 34.9 Å². The second-order valence-corrected chi connectivity index (χ2v) is 5.43. The van der Waals surface area contributed by atoms with Gasteiger partial charge in [0.25, 0.3) is 0 Å². The summed E-state index contributed by atoms with van der Waals surface area (Å²) in [4.78, 5) is 12.1. The summed E-state index contributed by atoms with van der Waals surface area (Å²) in [5, 5.41) is 0.724. The van der Waals surface area contributed by atoms with Gasteiger partial charge in [0.05, 0.1) is 0 Å². The topological polar surface area (TPSA) is 17.1 Å². The maximum absolute atomic E-state index is 12.1. The summed E-state index contributed by atoms with van der Waals surface area (Å²) in [6.07, 6.45) is 4.38. The summed E-state index contributed by atoms with van der Waals surface area (Å²) in [5.74, 6) is 2.21. The lowest BCUT2D eigenvalue weighted by Gasteiger charge is -2.04. The lowest BCUT2D eigenvalue weighted by molar-refractivity contribution is -0.120. The largest absolute Gasteiger partial charge is 0.299 e. The first kappa shape index (κ1) is 10.3. The molecule has 0 aromatic heterocycles. The van der Waals surface area contributed by atoms with E-state index in [1.165, 1.54) is 19.3 Å². The van der Waals surface area contributed by atoms with E-state index in [4.69, 9.17) is 11.6 Å². The fourth-order valence-corrected chi connectivity index (χ4v) is 3.45. The van der Waals surface area contributed by atoms with Crippen molar-refractivity contribution >= 4 is 17.4 Å². The molecule has 1 nitrogen and oxygen atoms in total. The van der Waals surface area contributed by atoms with Gasteiger partial charge in [-0.25, -0.2) is 0 Å². The Kier molecular flexibility index (Phi) is 2.51. The summed E-state index contributed by atoms with van der Waals surface area (Å²) < 4.78 is 0. The van der Waals surface area contributed by atoms with E-state index in [0.717, 1.165) is 22.4 Å². The van der Waals surface area contributed by atoms with Gasteiger partial charge in [0.2, 0.25) is 0 Å². The number of carbonyl (C=O) groups excluding carboxylic acids is 1. The Labute approximate surface area is 101 Å². The lowest BCUT2D eigenvalue weighted by atomic mass is 10.0. The minimum absolute atomic E-state index is 0.366. The van der Waals surface area contributed by atoms with E-state index < -0.39 is 0 Å². The van der Waals surface area contributed by atoms with Crippen molar-refractivity contribution in [2.24, 2.45) is 17.8 Å². The summed E-state index contributed by atoms with van der Waals surface area (Å²) in [6.45, 7) is 0. The second kappa shape index (κ2) is 3.89. The highest BCUT2D eigenvalue weighted by molar-refractivity contribution is 6.31. The zero-order chi connectivity index (χ0) is 11.1. The first-order valence-electron chi connectivity index (χ1n) is 6.03. The minimum Gasteiger partial charge on any atom is -0.299 e. The Balaban J connectivity index is 1.68. The maximum atomic E-state index is 12.1. The van der Waals surface area contributed by atoms with Crippen LogP contribution in [0.5, 0.6) is 0 Å². The van der Waals surface area contributed by atoms with Crippen LogP contribution in [0.4, 0.5) is 0 Å². The van der Waals surface area contributed by atoms with Gasteiger partial charge in [0, 0.05) is 17.4 Å². The Morgan fingerprint density at radius 3 is 2.62 bits per heavy atom. The lowest BCUT2D eigenvalue weighted by Crippen LogP contribution is -2.09. The van der Waals surface area contributed by atoms with Gasteiger partial charge in [0.15, 0.2) is 0 Å². The van der Waals surface area contributed by atoms with Crippen molar-refractivity contribution in [1.82, 2.24) is 0 Å². The van der Waals surface area contributed by atoms with Crippen LogP contribution in [0, 0.1) is 17.8 Å². The first-order chi connectivity index (χ1) is 7.77. The van der Waals surface area contributed by atoms with E-state index in [-0.39, 0.29) is 0 Å². The summed E-state index contributed by atoms with van der Waals surface area (Å²) in [5.41, 5.74) is 0.985. The van der Waals surface area contributed by atoms with Gasteiger partial charge in [-0.15, -0.1) is 0 Å². The zero-order valence-corrected chi connectivity index (χ0v) is 9.91. The van der Waals surface area contributed by atoms with Gasteiger partial charge in [-0.2, -0.15) is 0 Å². The molecule has 0 aliphatic heterocycles. The van der Waals surface area contributed by atoms with E-state index in [2.05, 4.69) is 0 Å². The van der Waals surface area contributed by atoms with Crippen molar-refractivity contribution in [2.45, 2.75) is 25.7 Å². The van der Waals surface area contributed by atoms with Crippen LogP contribution in [0.3, 0.4) is 0 Å². The number of hydrogen-bond acceptors (Lipinski definition) is 1. The van der Waals surface area contributed by atoms with Crippen LogP contribution in [0.1, 0.15) is 24.8 Å². The van der Waals surface area contributed by atoms with E-state index in [1.54, 1.807) is 0 Å². The third kappa shape index (κ3) is 1.67. The van der Waals surface area contributed by atoms with Crippen LogP contribution >= 0.6 is 11.6 Å². The molecule has 0 saturated heterocycles. The van der Waals surface area contributed by atoms with E-state index in [0.29, 0.717) is 18.1 Å². The van der Waals surface area contributed by atoms with Crippen LogP contribution in [0.25, 0.3) is 0 Å². The van der Waals surface area contributed by atoms with Gasteiger partial charge < -0.3 is 0 Å². The third-order valence-electron chi connectivity index (χ3n) is 4.10. The molecule has 0 bridgehead atoms. The Hall–Kier alpha value is -0.820. The van der Waals surface area contributed by atoms with Crippen molar-refractivity contribution < 1.29 is 4.79 Å². The number of halogens is 1. The maximum Gasteiger partial charge on any atom is 0.140 e. The predicted octanol–water partition coefficient (Wildman–Crippen LogP) is 3.50. The molecule has 0 N–H and O–H groups in total. The van der Waals surface area contributed by atoms with E-state index in [9.17, 15) is 4.79 Å². The molecule has 2 heteroatoms. The number of Topliss-reactive ketones (excluding diaryl/α,β-unsaturated/α-hetero) is 1. The van der Waals surface area contributed by atoms with Crippen LogP contribution in [0.2, 0.25) is 5.02 Å². The van der Waals surface area contributed by atoms with Crippen molar-refractivity contribution in [1.29, 1.82) is 0 Å². The highest BCUT2D eigenvalue weighted by Crippen LogP contribution is 2.58. The molecule has 0 amide bonds. The normalized spacial score (nSPS) is 31.2. The molecule has 2 atom stereocenters. The Bertz CT molecular complexity index is 416. The van der Waals surface area contributed by atoms with Crippen molar-refractivity contribution in [3.63, 3.8) is 0 Å². The van der Waals surface area contributed by atoms with Gasteiger partial charge in [-0.1, -0.05) is 36.2 Å². The molecule has 2 aliphatic rings. The summed E-state index contributed by atoms with van der Waals surface area (Å²) in [7, 11) is 0. The number of rotatable bonds is 3. The quantitative estimate of drug-likeness (QED) is 0.783. The molecule has 16 heavy (non-hydrogen) atoms. The van der Waals surface area contributed by atoms with Crippen LogP contribution in [-0.4, -0.2) is 5.78 Å². The van der Waals surface area contributed by atoms with Gasteiger partial charge in [-0.05, 0) is 36.3 Å². The third-order valence-corrected chi connectivity index (χ3v) is 4.47. The molecular formula is C14H15ClO. The molecule has 84 valence electrons. The van der Waals surface area contributed by atoms with Crippen molar-refractivity contribution in [3.8, 4) is 0 Å². The molecule has 0 heterocycles. The minimum atomic E-state index is 0.366. The molecule has 2 fully saturated rings. The molecule has 2 saturated carbocycles. The first-order valence-corrected chi connectivity index (χ1v) is 6.41. The van der Waals surface area contributed by atoms with Crippen LogP contribution in [0.15, 0.2) is 24.3 Å². The van der Waals surface area contributed by atoms with E-state index >= 15 is 0 Å². The van der Waals surface area contributed by atoms with E-state index in [1.807, 2.05) is 24.3 Å². The second-order valence-electron chi connectivity index (χ2n) is 5.02. The molecule has 1 aromatic carbocycles. The number of ketones is 1.